The minimum absolute atomic E-state index is 0.493. The Morgan fingerprint density at radius 1 is 0.739 bits per heavy atom. The van der Waals surface area contributed by atoms with Crippen LogP contribution >= 0.6 is 0 Å². The lowest BCUT2D eigenvalue weighted by Crippen LogP contribution is -2.42. The van der Waals surface area contributed by atoms with Gasteiger partial charge in [-0.05, 0) is 62.4 Å². The van der Waals surface area contributed by atoms with E-state index in [1.54, 1.807) is 0 Å². The molecule has 0 rings (SSSR count). The molecule has 0 spiro atoms. The Morgan fingerprint density at radius 3 is 1.61 bits per heavy atom. The summed E-state index contributed by atoms with van der Waals surface area (Å²) in [5.74, 6) is 1.62. The van der Waals surface area contributed by atoms with Crippen molar-refractivity contribution < 1.29 is 0 Å². The Hall–Kier alpha value is -0.0800. The van der Waals surface area contributed by atoms with Gasteiger partial charge in [0, 0.05) is 0 Å². The Labute approximate surface area is 147 Å². The SMILES string of the molecule is CCCCC(CCCC(NCC)NCC)(CC(C)C)CC(C)C. The highest BCUT2D eigenvalue weighted by Gasteiger charge is 2.31. The highest BCUT2D eigenvalue weighted by molar-refractivity contribution is 4.82. The first kappa shape index (κ1) is 22.9. The highest BCUT2D eigenvalue weighted by Crippen LogP contribution is 2.43. The molecule has 2 nitrogen and oxygen atoms in total. The molecule has 0 aliphatic heterocycles. The Morgan fingerprint density at radius 2 is 1.22 bits per heavy atom. The van der Waals surface area contributed by atoms with E-state index in [4.69, 9.17) is 0 Å². The maximum atomic E-state index is 3.58. The third kappa shape index (κ3) is 11.2. The van der Waals surface area contributed by atoms with E-state index >= 15 is 0 Å². The maximum absolute atomic E-state index is 3.58. The van der Waals surface area contributed by atoms with Gasteiger partial charge in [0.1, 0.15) is 0 Å². The summed E-state index contributed by atoms with van der Waals surface area (Å²) in [6.45, 7) is 18.5. The summed E-state index contributed by atoms with van der Waals surface area (Å²) in [6, 6.07) is 0. The van der Waals surface area contributed by atoms with Crippen molar-refractivity contribution in [2.75, 3.05) is 13.1 Å². The molecule has 0 atom stereocenters. The van der Waals surface area contributed by atoms with Crippen LogP contribution in [0.5, 0.6) is 0 Å². The van der Waals surface area contributed by atoms with E-state index in [9.17, 15) is 0 Å². The van der Waals surface area contributed by atoms with E-state index < -0.39 is 0 Å². The minimum atomic E-state index is 0.493. The standard InChI is InChI=1S/C21H46N2/c1-8-11-14-21(16-18(4)5,17-19(6)7)15-12-13-20(22-9-2)23-10-3/h18-20,22-23H,8-17H2,1-7H3. The molecule has 0 aromatic heterocycles. The molecule has 0 fully saturated rings. The lowest BCUT2D eigenvalue weighted by atomic mass is 9.68. The summed E-state index contributed by atoms with van der Waals surface area (Å²) in [4.78, 5) is 0. The van der Waals surface area contributed by atoms with Crippen LogP contribution in [0.2, 0.25) is 0 Å². The van der Waals surface area contributed by atoms with Crippen molar-refractivity contribution in [1.29, 1.82) is 0 Å². The van der Waals surface area contributed by atoms with Gasteiger partial charge in [0.25, 0.3) is 0 Å². The molecule has 0 saturated heterocycles. The zero-order chi connectivity index (χ0) is 17.7. The zero-order valence-electron chi connectivity index (χ0n) is 17.3. The van der Waals surface area contributed by atoms with Gasteiger partial charge in [-0.3, -0.25) is 0 Å². The lowest BCUT2D eigenvalue weighted by molar-refractivity contribution is 0.138. The van der Waals surface area contributed by atoms with Crippen LogP contribution in [-0.2, 0) is 0 Å². The Bertz CT molecular complexity index is 245. The van der Waals surface area contributed by atoms with Gasteiger partial charge >= 0.3 is 0 Å². The van der Waals surface area contributed by atoms with E-state index in [-0.39, 0.29) is 0 Å². The first-order valence-electron chi connectivity index (χ1n) is 10.4. The molecule has 0 bridgehead atoms. The van der Waals surface area contributed by atoms with Gasteiger partial charge in [0.2, 0.25) is 0 Å². The fourth-order valence-corrected chi connectivity index (χ4v) is 4.35. The van der Waals surface area contributed by atoms with Crippen molar-refractivity contribution in [2.24, 2.45) is 17.3 Å². The van der Waals surface area contributed by atoms with E-state index in [1.807, 2.05) is 0 Å². The highest BCUT2D eigenvalue weighted by atomic mass is 15.1. The second kappa shape index (κ2) is 13.2. The summed E-state index contributed by atoms with van der Waals surface area (Å²) in [6.07, 6.45) is 11.4. The van der Waals surface area contributed by atoms with Crippen molar-refractivity contribution in [3.05, 3.63) is 0 Å². The van der Waals surface area contributed by atoms with Crippen LogP contribution in [0.4, 0.5) is 0 Å². The van der Waals surface area contributed by atoms with Crippen LogP contribution < -0.4 is 10.6 Å². The number of hydrogen-bond acceptors (Lipinski definition) is 2. The number of nitrogens with one attached hydrogen (secondary N) is 2. The predicted octanol–water partition coefficient (Wildman–Crippen LogP) is 5.97. The molecule has 0 radical (unpaired) electrons. The quantitative estimate of drug-likeness (QED) is 0.362. The molecular weight excluding hydrogens is 280 g/mol. The maximum Gasteiger partial charge on any atom is 0.0571 e. The molecular formula is C21H46N2. The molecule has 2 N–H and O–H groups in total. The average Bonchev–Trinajstić information content (AvgIpc) is 2.44. The molecule has 0 aliphatic carbocycles. The third-order valence-electron chi connectivity index (χ3n) is 4.84. The smallest absolute Gasteiger partial charge is 0.0571 e. The van der Waals surface area contributed by atoms with Gasteiger partial charge in [-0.1, -0.05) is 67.7 Å². The van der Waals surface area contributed by atoms with E-state index in [0.717, 1.165) is 24.9 Å². The van der Waals surface area contributed by atoms with Crippen LogP contribution in [0.15, 0.2) is 0 Å². The molecule has 0 aromatic carbocycles. The topological polar surface area (TPSA) is 24.1 Å². The molecule has 0 aromatic rings. The lowest BCUT2D eigenvalue weighted by Gasteiger charge is -2.38. The average molecular weight is 327 g/mol. The zero-order valence-corrected chi connectivity index (χ0v) is 17.3. The van der Waals surface area contributed by atoms with Gasteiger partial charge in [0.15, 0.2) is 0 Å². The monoisotopic (exact) mass is 326 g/mol. The summed E-state index contributed by atoms with van der Waals surface area (Å²) < 4.78 is 0. The molecule has 0 heterocycles. The first-order chi connectivity index (χ1) is 10.9. The van der Waals surface area contributed by atoms with E-state index in [2.05, 4.69) is 59.1 Å². The van der Waals surface area contributed by atoms with Crippen molar-refractivity contribution in [3.63, 3.8) is 0 Å². The summed E-state index contributed by atoms with van der Waals surface area (Å²) in [7, 11) is 0. The number of rotatable bonds is 15. The first-order valence-corrected chi connectivity index (χ1v) is 10.4. The van der Waals surface area contributed by atoms with Crippen LogP contribution in [0.25, 0.3) is 0 Å². The van der Waals surface area contributed by atoms with Crippen LogP contribution in [0.3, 0.4) is 0 Å². The second-order valence-electron chi connectivity index (χ2n) is 8.36. The molecule has 140 valence electrons. The Kier molecular flexibility index (Phi) is 13.2. The molecule has 0 saturated carbocycles. The predicted molar refractivity (Wildman–Crippen MR) is 106 cm³/mol. The summed E-state index contributed by atoms with van der Waals surface area (Å²) in [5, 5.41) is 7.17. The largest absolute Gasteiger partial charge is 0.302 e. The molecule has 23 heavy (non-hydrogen) atoms. The molecule has 2 heteroatoms. The number of hydrogen-bond donors (Lipinski definition) is 2. The van der Waals surface area contributed by atoms with Crippen molar-refractivity contribution in [2.45, 2.75) is 106 Å². The van der Waals surface area contributed by atoms with Gasteiger partial charge < -0.3 is 10.6 Å². The van der Waals surface area contributed by atoms with E-state index in [0.29, 0.717) is 11.6 Å². The van der Waals surface area contributed by atoms with Gasteiger partial charge in [-0.15, -0.1) is 0 Å². The van der Waals surface area contributed by atoms with Crippen molar-refractivity contribution in [3.8, 4) is 0 Å². The number of unbranched alkanes of at least 4 members (excludes halogenated alkanes) is 1. The summed E-state index contributed by atoms with van der Waals surface area (Å²) >= 11 is 0. The molecule has 0 aliphatic rings. The second-order valence-corrected chi connectivity index (χ2v) is 8.36. The van der Waals surface area contributed by atoms with Gasteiger partial charge in [-0.2, -0.15) is 0 Å². The van der Waals surface area contributed by atoms with Gasteiger partial charge in [-0.25, -0.2) is 0 Å². The molecule has 0 amide bonds. The molecule has 0 unspecified atom stereocenters. The Balaban J connectivity index is 4.74. The van der Waals surface area contributed by atoms with E-state index in [1.165, 1.54) is 51.4 Å². The normalized spacial score (nSPS) is 12.8. The van der Waals surface area contributed by atoms with Crippen LogP contribution in [-0.4, -0.2) is 19.3 Å². The van der Waals surface area contributed by atoms with Gasteiger partial charge in [0.05, 0.1) is 6.17 Å². The van der Waals surface area contributed by atoms with Crippen molar-refractivity contribution in [1.82, 2.24) is 10.6 Å². The third-order valence-corrected chi connectivity index (χ3v) is 4.84. The van der Waals surface area contributed by atoms with Crippen molar-refractivity contribution >= 4 is 0 Å². The van der Waals surface area contributed by atoms with Crippen LogP contribution in [0.1, 0.15) is 99.8 Å². The summed E-state index contributed by atoms with van der Waals surface area (Å²) in [5.41, 5.74) is 0.571. The fraction of sp³-hybridized carbons (Fsp3) is 1.00. The van der Waals surface area contributed by atoms with Crippen LogP contribution in [0, 0.1) is 17.3 Å². The fourth-order valence-electron chi connectivity index (χ4n) is 4.35. The minimum Gasteiger partial charge on any atom is -0.302 e.